The van der Waals surface area contributed by atoms with Gasteiger partial charge in [0.05, 0.1) is 6.54 Å². The third-order valence-electron chi connectivity index (χ3n) is 4.20. The summed E-state index contributed by atoms with van der Waals surface area (Å²) in [7, 11) is 1.06. The third-order valence-corrected chi connectivity index (χ3v) is 6.12. The highest BCUT2D eigenvalue weighted by molar-refractivity contribution is 7.86. The summed E-state index contributed by atoms with van der Waals surface area (Å²) in [5, 5.41) is 6.27. The average molecular weight is 433 g/mol. The molecule has 172 valence electrons. The Balaban J connectivity index is 4.84. The first-order valence-electron chi connectivity index (χ1n) is 10.5. The molecule has 1 amide bonds. The molecule has 8 heteroatoms. The van der Waals surface area contributed by atoms with Gasteiger partial charge in [0.15, 0.2) is 5.96 Å². The summed E-state index contributed by atoms with van der Waals surface area (Å²) in [4.78, 5) is 18.8. The molecular formula is C21H44N4O3S. The van der Waals surface area contributed by atoms with Crippen molar-refractivity contribution < 1.29 is 13.7 Å². The van der Waals surface area contributed by atoms with E-state index in [9.17, 15) is 9.00 Å². The second-order valence-electron chi connectivity index (χ2n) is 9.60. The van der Waals surface area contributed by atoms with Gasteiger partial charge in [0.2, 0.25) is 0 Å². The van der Waals surface area contributed by atoms with E-state index in [2.05, 4.69) is 34.4 Å². The number of alkyl carbamates (subject to hydrolysis) is 1. The van der Waals surface area contributed by atoms with Crippen LogP contribution in [0.5, 0.6) is 0 Å². The molecule has 0 heterocycles. The summed E-state index contributed by atoms with van der Waals surface area (Å²) in [5.41, 5.74) is -0.513. The molecule has 2 N–H and O–H groups in total. The Morgan fingerprint density at radius 3 is 2.21 bits per heavy atom. The van der Waals surface area contributed by atoms with Crippen molar-refractivity contribution in [3.8, 4) is 0 Å². The van der Waals surface area contributed by atoms with Gasteiger partial charge in [-0.3, -0.25) is 9.20 Å². The van der Waals surface area contributed by atoms with E-state index in [1.165, 1.54) is 0 Å². The SMILES string of the molecule is CCNC(=NCCS(=O)C(C)(C)C)N(C)CCC(NC(=O)OC(C)(C)C)C(C)C. The monoisotopic (exact) mass is 432 g/mol. The van der Waals surface area contributed by atoms with E-state index in [-0.39, 0.29) is 22.8 Å². The number of hydrogen-bond acceptors (Lipinski definition) is 4. The molecule has 0 aromatic carbocycles. The molecule has 2 unspecified atom stereocenters. The summed E-state index contributed by atoms with van der Waals surface area (Å²) < 4.78 is 17.4. The van der Waals surface area contributed by atoms with Crippen LogP contribution in [0.1, 0.15) is 68.7 Å². The highest BCUT2D eigenvalue weighted by atomic mass is 32.2. The first-order chi connectivity index (χ1) is 13.2. The summed E-state index contributed by atoms with van der Waals surface area (Å²) in [6, 6.07) is 0.00331. The van der Waals surface area contributed by atoms with E-state index in [0.29, 0.717) is 12.3 Å². The first kappa shape index (κ1) is 27.7. The summed E-state index contributed by atoms with van der Waals surface area (Å²) in [6.07, 6.45) is 0.384. The van der Waals surface area contributed by atoms with Crippen molar-refractivity contribution in [2.45, 2.75) is 85.1 Å². The Morgan fingerprint density at radius 1 is 1.17 bits per heavy atom. The van der Waals surface area contributed by atoms with Crippen LogP contribution in [0.4, 0.5) is 4.79 Å². The number of nitrogens with one attached hydrogen (secondary N) is 2. The second kappa shape index (κ2) is 12.4. The van der Waals surface area contributed by atoms with Crippen molar-refractivity contribution in [3.63, 3.8) is 0 Å². The van der Waals surface area contributed by atoms with E-state index in [4.69, 9.17) is 4.74 Å². The molecule has 0 aromatic rings. The molecule has 0 aliphatic carbocycles. The van der Waals surface area contributed by atoms with E-state index in [0.717, 1.165) is 25.5 Å². The van der Waals surface area contributed by atoms with Crippen molar-refractivity contribution in [1.29, 1.82) is 0 Å². The number of aliphatic imine (C=N–C) groups is 1. The third kappa shape index (κ3) is 12.8. The van der Waals surface area contributed by atoms with Crippen molar-refractivity contribution in [1.82, 2.24) is 15.5 Å². The van der Waals surface area contributed by atoms with Gasteiger partial charge >= 0.3 is 6.09 Å². The van der Waals surface area contributed by atoms with Crippen LogP contribution in [-0.2, 0) is 15.5 Å². The van der Waals surface area contributed by atoms with Gasteiger partial charge < -0.3 is 20.3 Å². The Kier molecular flexibility index (Phi) is 11.8. The molecule has 0 spiro atoms. The fourth-order valence-corrected chi connectivity index (χ4v) is 3.35. The molecule has 0 rings (SSSR count). The topological polar surface area (TPSA) is 83.0 Å². The smallest absolute Gasteiger partial charge is 0.407 e. The zero-order valence-corrected chi connectivity index (χ0v) is 21.0. The number of guanidine groups is 1. The van der Waals surface area contributed by atoms with Crippen LogP contribution >= 0.6 is 0 Å². The Bertz CT molecular complexity index is 551. The summed E-state index contributed by atoms with van der Waals surface area (Å²) >= 11 is 0. The van der Waals surface area contributed by atoms with Gasteiger partial charge in [0, 0.05) is 47.5 Å². The van der Waals surface area contributed by atoms with Crippen LogP contribution in [0, 0.1) is 5.92 Å². The molecule has 0 fully saturated rings. The predicted octanol–water partition coefficient (Wildman–Crippen LogP) is 3.37. The quantitative estimate of drug-likeness (QED) is 0.431. The van der Waals surface area contributed by atoms with E-state index in [1.54, 1.807) is 0 Å². The van der Waals surface area contributed by atoms with Crippen LogP contribution in [0.25, 0.3) is 0 Å². The number of carbonyl (C=O) groups is 1. The zero-order valence-electron chi connectivity index (χ0n) is 20.2. The molecule has 29 heavy (non-hydrogen) atoms. The minimum absolute atomic E-state index is 0.00331. The van der Waals surface area contributed by atoms with Crippen LogP contribution in [0.3, 0.4) is 0 Å². The number of rotatable bonds is 9. The highest BCUT2D eigenvalue weighted by Crippen LogP contribution is 2.12. The normalized spacial score (nSPS) is 15.1. The number of amides is 1. The largest absolute Gasteiger partial charge is 0.444 e. The van der Waals surface area contributed by atoms with Gasteiger partial charge in [-0.15, -0.1) is 0 Å². The maximum absolute atomic E-state index is 12.2. The minimum atomic E-state index is -0.918. The number of carbonyl (C=O) groups excluding carboxylic acids is 1. The lowest BCUT2D eigenvalue weighted by molar-refractivity contribution is 0.0486. The lowest BCUT2D eigenvalue weighted by atomic mass is 10.0. The summed E-state index contributed by atoms with van der Waals surface area (Å²) in [6.45, 7) is 19.7. The van der Waals surface area contributed by atoms with E-state index in [1.807, 2.05) is 55.5 Å². The Hall–Kier alpha value is -1.31. The average Bonchev–Trinajstić information content (AvgIpc) is 2.54. The molecule has 0 radical (unpaired) electrons. The Labute approximate surface area is 180 Å². The minimum Gasteiger partial charge on any atom is -0.444 e. The lowest BCUT2D eigenvalue weighted by Gasteiger charge is -2.28. The molecule has 0 bridgehead atoms. The van der Waals surface area contributed by atoms with Gasteiger partial charge in [-0.1, -0.05) is 13.8 Å². The second-order valence-corrected chi connectivity index (χ2v) is 11.9. The Morgan fingerprint density at radius 2 is 1.76 bits per heavy atom. The van der Waals surface area contributed by atoms with Gasteiger partial charge in [-0.05, 0) is 60.8 Å². The van der Waals surface area contributed by atoms with Crippen molar-refractivity contribution >= 4 is 22.9 Å². The lowest BCUT2D eigenvalue weighted by Crippen LogP contribution is -2.45. The standard InChI is InChI=1S/C21H44N4O3S/c1-11-22-18(23-13-15-29(27)21(7,8)9)25(10)14-12-17(16(2)3)24-19(26)28-20(4,5)6/h16-17H,11-15H2,1-10H3,(H,22,23)(H,24,26). The van der Waals surface area contributed by atoms with Crippen LogP contribution in [0.15, 0.2) is 4.99 Å². The molecule has 7 nitrogen and oxygen atoms in total. The molecule has 0 aliphatic heterocycles. The van der Waals surface area contributed by atoms with Gasteiger partial charge in [-0.25, -0.2) is 4.79 Å². The van der Waals surface area contributed by atoms with E-state index >= 15 is 0 Å². The van der Waals surface area contributed by atoms with Crippen molar-refractivity contribution in [3.05, 3.63) is 0 Å². The van der Waals surface area contributed by atoms with Crippen LogP contribution < -0.4 is 10.6 Å². The fraction of sp³-hybridized carbons (Fsp3) is 0.905. The van der Waals surface area contributed by atoms with Crippen LogP contribution in [-0.4, -0.2) is 70.0 Å². The maximum Gasteiger partial charge on any atom is 0.407 e. The molecule has 0 aliphatic rings. The molecule has 0 aromatic heterocycles. The predicted molar refractivity (Wildman–Crippen MR) is 124 cm³/mol. The van der Waals surface area contributed by atoms with Gasteiger partial charge in [0.1, 0.15) is 5.60 Å². The molecule has 2 atom stereocenters. The molecule has 0 saturated heterocycles. The first-order valence-corrected chi connectivity index (χ1v) is 11.9. The molecule has 0 saturated carbocycles. The maximum atomic E-state index is 12.2. The highest BCUT2D eigenvalue weighted by Gasteiger charge is 2.22. The summed E-state index contributed by atoms with van der Waals surface area (Å²) in [5.74, 6) is 1.61. The van der Waals surface area contributed by atoms with Gasteiger partial charge in [0.25, 0.3) is 0 Å². The van der Waals surface area contributed by atoms with Gasteiger partial charge in [-0.2, -0.15) is 0 Å². The van der Waals surface area contributed by atoms with E-state index < -0.39 is 16.4 Å². The van der Waals surface area contributed by atoms with Crippen molar-refractivity contribution in [2.24, 2.45) is 10.9 Å². The number of ether oxygens (including phenoxy) is 1. The van der Waals surface area contributed by atoms with Crippen LogP contribution in [0.2, 0.25) is 0 Å². The van der Waals surface area contributed by atoms with Crippen molar-refractivity contribution in [2.75, 3.05) is 32.4 Å². The zero-order chi connectivity index (χ0) is 22.8. The fourth-order valence-electron chi connectivity index (χ4n) is 2.48. The molecular weight excluding hydrogens is 388 g/mol. The number of hydrogen-bond donors (Lipinski definition) is 2. The number of nitrogens with zero attached hydrogens (tertiary/aromatic N) is 2.